The molecule has 0 radical (unpaired) electrons. The van der Waals surface area contributed by atoms with Gasteiger partial charge in [-0.05, 0) is 24.3 Å². The number of carbonyl (C=O) groups excluding carboxylic acids is 3. The maximum Gasteiger partial charge on any atom is 0.410 e. The molecule has 5 saturated heterocycles. The third kappa shape index (κ3) is 3.83. The predicted molar refractivity (Wildman–Crippen MR) is 134 cm³/mol. The highest BCUT2D eigenvalue weighted by Gasteiger charge is 2.67. The van der Waals surface area contributed by atoms with E-state index in [0.29, 0.717) is 19.0 Å². The molecule has 13 heteroatoms. The third-order valence-electron chi connectivity index (χ3n) is 8.52. The highest BCUT2D eigenvalue weighted by Crippen LogP contribution is 2.39. The molecule has 5 aliphatic heterocycles. The molecule has 6 rings (SSSR count). The Balaban J connectivity index is 1.15. The number of hydrogen-bond acceptors (Lipinski definition) is 7. The molecule has 13 nitrogen and oxygen atoms in total. The van der Waals surface area contributed by atoms with Gasteiger partial charge in [-0.1, -0.05) is 30.3 Å². The van der Waals surface area contributed by atoms with Gasteiger partial charge in [0, 0.05) is 25.9 Å². The highest BCUT2D eigenvalue weighted by molar-refractivity contribution is 6.02. The monoisotopic (exact) mass is 524 g/mol. The molecule has 1 aromatic rings. The van der Waals surface area contributed by atoms with Crippen LogP contribution in [0.15, 0.2) is 30.3 Å². The van der Waals surface area contributed by atoms with Crippen LogP contribution in [0.3, 0.4) is 0 Å². The van der Waals surface area contributed by atoms with E-state index < -0.39 is 36.0 Å². The zero-order valence-corrected chi connectivity index (χ0v) is 20.9. The molecule has 0 aromatic heterocycles. The molecule has 1 aromatic carbocycles. The van der Waals surface area contributed by atoms with Crippen molar-refractivity contribution in [2.24, 2.45) is 0 Å². The summed E-state index contributed by atoms with van der Waals surface area (Å²) in [5, 5.41) is 37.3. The Morgan fingerprint density at radius 2 is 1.76 bits per heavy atom. The predicted octanol–water partition coefficient (Wildman–Crippen LogP) is -0.704. The average Bonchev–Trinajstić information content (AvgIpc) is 3.53. The summed E-state index contributed by atoms with van der Waals surface area (Å²) in [5.74, 6) is -0.292. The van der Waals surface area contributed by atoms with Crippen molar-refractivity contribution in [3.8, 4) is 0 Å². The zero-order valence-electron chi connectivity index (χ0n) is 20.9. The molecule has 3 amide bonds. The quantitative estimate of drug-likeness (QED) is 0.278. The van der Waals surface area contributed by atoms with Crippen LogP contribution in [0, 0.1) is 10.8 Å². The Morgan fingerprint density at radius 1 is 1.08 bits per heavy atom. The van der Waals surface area contributed by atoms with E-state index in [0.717, 1.165) is 17.7 Å². The molecule has 0 aliphatic carbocycles. The molecule has 5 aliphatic rings. The Kier molecular flexibility index (Phi) is 5.89. The van der Waals surface area contributed by atoms with Crippen LogP contribution in [-0.2, 0) is 14.3 Å². The van der Waals surface area contributed by atoms with Crippen molar-refractivity contribution in [2.75, 3.05) is 26.2 Å². The second kappa shape index (κ2) is 9.15. The highest BCUT2D eigenvalue weighted by atomic mass is 16.6. The molecular formula is C25H32N8O5. The summed E-state index contributed by atoms with van der Waals surface area (Å²) in [5.41, 5.74) is -0.0878. The first-order valence-corrected chi connectivity index (χ1v) is 13.1. The van der Waals surface area contributed by atoms with E-state index in [1.807, 2.05) is 18.2 Å². The average molecular weight is 525 g/mol. The number of imide groups is 1. The second-order valence-corrected chi connectivity index (χ2v) is 10.6. The molecular weight excluding hydrogens is 492 g/mol. The van der Waals surface area contributed by atoms with Crippen LogP contribution in [0.25, 0.3) is 0 Å². The molecule has 1 spiro atoms. The SMILES string of the molecule is N=C1NC2C(CN3C(=O)CCC3=O)NC(=N)N3C[C@H](OC(=O)N4CCC(c5ccccc5)CC4)[C@@H](O)C23N1. The summed E-state index contributed by atoms with van der Waals surface area (Å²) in [6, 6.07) is 8.91. The maximum absolute atomic E-state index is 13.1. The normalized spacial score (nSPS) is 33.0. The minimum atomic E-state index is -1.35. The lowest BCUT2D eigenvalue weighted by atomic mass is 9.87. The fraction of sp³-hybridized carbons (Fsp3) is 0.560. The number of piperidine rings is 1. The number of amides is 3. The molecule has 0 saturated carbocycles. The van der Waals surface area contributed by atoms with E-state index in [1.54, 1.807) is 9.80 Å². The van der Waals surface area contributed by atoms with E-state index in [2.05, 4.69) is 28.1 Å². The number of nitrogens with one attached hydrogen (secondary N) is 5. The molecule has 5 atom stereocenters. The van der Waals surface area contributed by atoms with Crippen molar-refractivity contribution in [3.05, 3.63) is 35.9 Å². The van der Waals surface area contributed by atoms with E-state index in [9.17, 15) is 19.5 Å². The van der Waals surface area contributed by atoms with Gasteiger partial charge in [-0.3, -0.25) is 25.3 Å². The summed E-state index contributed by atoms with van der Waals surface area (Å²) in [7, 11) is 0. The van der Waals surface area contributed by atoms with Gasteiger partial charge >= 0.3 is 6.09 Å². The number of benzene rings is 1. The Morgan fingerprint density at radius 3 is 2.45 bits per heavy atom. The molecule has 38 heavy (non-hydrogen) atoms. The van der Waals surface area contributed by atoms with Gasteiger partial charge in [0.05, 0.1) is 25.2 Å². The number of carbonyl (C=O) groups is 3. The van der Waals surface area contributed by atoms with Crippen molar-refractivity contribution in [1.82, 2.24) is 30.7 Å². The molecule has 5 fully saturated rings. The lowest BCUT2D eigenvalue weighted by Gasteiger charge is -2.49. The Hall–Kier alpha value is -3.87. The second-order valence-electron chi connectivity index (χ2n) is 10.6. The number of likely N-dealkylation sites (tertiary alicyclic amines) is 2. The number of ether oxygens (including phenoxy) is 1. The van der Waals surface area contributed by atoms with Gasteiger partial charge in [0.1, 0.15) is 6.10 Å². The van der Waals surface area contributed by atoms with Crippen LogP contribution in [-0.4, -0.2) is 106 Å². The first-order chi connectivity index (χ1) is 18.3. The summed E-state index contributed by atoms with van der Waals surface area (Å²) >= 11 is 0. The van der Waals surface area contributed by atoms with Crippen LogP contribution < -0.4 is 16.0 Å². The van der Waals surface area contributed by atoms with Crippen LogP contribution in [0.1, 0.15) is 37.2 Å². The van der Waals surface area contributed by atoms with Gasteiger partial charge < -0.3 is 35.6 Å². The van der Waals surface area contributed by atoms with Gasteiger partial charge in [0.2, 0.25) is 11.8 Å². The first-order valence-electron chi connectivity index (χ1n) is 13.1. The molecule has 202 valence electrons. The smallest absolute Gasteiger partial charge is 0.410 e. The van der Waals surface area contributed by atoms with Gasteiger partial charge in [-0.15, -0.1) is 0 Å². The van der Waals surface area contributed by atoms with E-state index in [-0.39, 0.29) is 49.7 Å². The molecule has 5 heterocycles. The zero-order chi connectivity index (χ0) is 26.6. The standard InChI is InChI=1S/C25H32N8O5/c26-22-29-20-16(12-32-18(34)6-7-19(32)35)28-23(27)33-13-17(21(36)25(20,33)30-22)38-24(37)31-10-8-15(9-11-31)14-4-2-1-3-5-14/h1-5,15-17,20-21,36H,6-13H2,(H2,27,28)(H3,26,29,30)/t16?,17-,20?,21+,25?/m0/s1. The Bertz CT molecular complexity index is 1160. The van der Waals surface area contributed by atoms with Crippen molar-refractivity contribution >= 4 is 29.8 Å². The van der Waals surface area contributed by atoms with Crippen molar-refractivity contribution in [1.29, 1.82) is 10.8 Å². The summed E-state index contributed by atoms with van der Waals surface area (Å²) in [6.45, 7) is 1.13. The fourth-order valence-electron chi connectivity index (χ4n) is 6.57. The van der Waals surface area contributed by atoms with Crippen LogP contribution in [0.5, 0.6) is 0 Å². The van der Waals surface area contributed by atoms with Gasteiger partial charge in [-0.2, -0.15) is 0 Å². The largest absolute Gasteiger partial charge is 0.441 e. The van der Waals surface area contributed by atoms with Crippen LogP contribution in [0.2, 0.25) is 0 Å². The summed E-state index contributed by atoms with van der Waals surface area (Å²) in [6.07, 6.45) is -0.810. The number of aliphatic hydroxyl groups is 1. The van der Waals surface area contributed by atoms with Gasteiger partial charge in [0.25, 0.3) is 0 Å². The third-order valence-corrected chi connectivity index (χ3v) is 8.52. The van der Waals surface area contributed by atoms with Crippen molar-refractivity contribution in [2.45, 2.75) is 61.6 Å². The minimum absolute atomic E-state index is 0.00417. The molecule has 0 bridgehead atoms. The van der Waals surface area contributed by atoms with Crippen LogP contribution >= 0.6 is 0 Å². The number of guanidine groups is 2. The molecule has 6 N–H and O–H groups in total. The first kappa shape index (κ1) is 24.5. The minimum Gasteiger partial charge on any atom is -0.441 e. The van der Waals surface area contributed by atoms with Crippen molar-refractivity contribution < 1.29 is 24.2 Å². The number of hydrogen-bond donors (Lipinski definition) is 6. The van der Waals surface area contributed by atoms with Crippen molar-refractivity contribution in [3.63, 3.8) is 0 Å². The number of aliphatic hydroxyl groups excluding tert-OH is 1. The van der Waals surface area contributed by atoms with E-state index >= 15 is 0 Å². The van der Waals surface area contributed by atoms with Gasteiger partial charge in [0.15, 0.2) is 23.7 Å². The summed E-state index contributed by atoms with van der Waals surface area (Å²) < 4.78 is 5.80. The molecule has 3 unspecified atom stereocenters. The fourth-order valence-corrected chi connectivity index (χ4v) is 6.57. The lowest BCUT2D eigenvalue weighted by molar-refractivity contribution is -0.139. The van der Waals surface area contributed by atoms with E-state index in [4.69, 9.17) is 15.6 Å². The topological polar surface area (TPSA) is 174 Å². The Labute approximate surface area is 219 Å². The maximum atomic E-state index is 13.1. The lowest BCUT2D eigenvalue weighted by Crippen LogP contribution is -2.78. The van der Waals surface area contributed by atoms with Gasteiger partial charge in [-0.25, -0.2) is 4.79 Å². The van der Waals surface area contributed by atoms with E-state index in [1.165, 1.54) is 5.56 Å². The number of rotatable bonds is 4. The van der Waals surface area contributed by atoms with Crippen LogP contribution in [0.4, 0.5) is 4.79 Å². The number of nitrogens with zero attached hydrogens (tertiary/aromatic N) is 3. The summed E-state index contributed by atoms with van der Waals surface area (Å²) in [4.78, 5) is 41.9.